The summed E-state index contributed by atoms with van der Waals surface area (Å²) in [7, 11) is -3.63. The predicted molar refractivity (Wildman–Crippen MR) is 119 cm³/mol. The van der Waals surface area contributed by atoms with E-state index in [1.165, 1.54) is 11.8 Å². The van der Waals surface area contributed by atoms with Gasteiger partial charge in [0.2, 0.25) is 5.91 Å². The lowest BCUT2D eigenvalue weighted by atomic mass is 10.2. The number of aryl methyl sites for hydroxylation is 2. The van der Waals surface area contributed by atoms with Crippen molar-refractivity contribution in [3.8, 4) is 0 Å². The van der Waals surface area contributed by atoms with Crippen LogP contribution in [-0.4, -0.2) is 20.1 Å². The minimum Gasteiger partial charge on any atom is -0.325 e. The summed E-state index contributed by atoms with van der Waals surface area (Å²) < 4.78 is 27.5. The number of carbonyl (C=O) groups is 1. The minimum absolute atomic E-state index is 0.0894. The van der Waals surface area contributed by atoms with E-state index in [0.717, 1.165) is 21.7 Å². The number of anilines is 2. The molecule has 0 heterocycles. The lowest BCUT2D eigenvalue weighted by molar-refractivity contribution is -0.113. The number of nitrogens with one attached hydrogen (secondary N) is 2. The normalized spacial score (nSPS) is 11.1. The maximum absolute atomic E-state index is 12.4. The zero-order valence-corrected chi connectivity index (χ0v) is 17.8. The maximum Gasteiger partial charge on any atom is 0.261 e. The molecule has 150 valence electrons. The number of hydrogen-bond donors (Lipinski definition) is 2. The molecule has 7 heteroatoms. The molecule has 29 heavy (non-hydrogen) atoms. The van der Waals surface area contributed by atoms with Crippen molar-refractivity contribution in [2.45, 2.75) is 23.6 Å². The largest absolute Gasteiger partial charge is 0.325 e. The average molecular weight is 427 g/mol. The summed E-state index contributed by atoms with van der Waals surface area (Å²) in [6.45, 7) is 3.85. The van der Waals surface area contributed by atoms with Crippen molar-refractivity contribution in [2.75, 3.05) is 15.8 Å². The van der Waals surface area contributed by atoms with Crippen molar-refractivity contribution in [1.82, 2.24) is 0 Å². The van der Waals surface area contributed by atoms with Gasteiger partial charge in [-0.2, -0.15) is 0 Å². The fourth-order valence-corrected chi connectivity index (χ4v) is 4.36. The smallest absolute Gasteiger partial charge is 0.261 e. The highest BCUT2D eigenvalue weighted by Crippen LogP contribution is 2.23. The van der Waals surface area contributed by atoms with Crippen molar-refractivity contribution in [1.29, 1.82) is 0 Å². The molecule has 0 saturated heterocycles. The number of para-hydroxylation sites is 1. The second-order valence-electron chi connectivity index (χ2n) is 6.59. The highest BCUT2D eigenvalue weighted by atomic mass is 32.2. The van der Waals surface area contributed by atoms with E-state index in [2.05, 4.69) is 10.0 Å². The molecule has 3 aromatic rings. The van der Waals surface area contributed by atoms with Crippen molar-refractivity contribution >= 4 is 39.1 Å². The Labute approximate surface area is 175 Å². The summed E-state index contributed by atoms with van der Waals surface area (Å²) in [6.07, 6.45) is 0. The van der Waals surface area contributed by atoms with E-state index < -0.39 is 10.0 Å². The van der Waals surface area contributed by atoms with Gasteiger partial charge in [0.25, 0.3) is 10.0 Å². The third-order valence-electron chi connectivity index (χ3n) is 4.23. The van der Waals surface area contributed by atoms with Crippen LogP contribution in [0.3, 0.4) is 0 Å². The Bertz CT molecular complexity index is 1090. The van der Waals surface area contributed by atoms with Crippen LogP contribution >= 0.6 is 11.8 Å². The molecule has 0 unspecified atom stereocenters. The van der Waals surface area contributed by atoms with Gasteiger partial charge >= 0.3 is 0 Å². The Kier molecular flexibility index (Phi) is 6.61. The molecule has 5 nitrogen and oxygen atoms in total. The van der Waals surface area contributed by atoms with Gasteiger partial charge in [-0.3, -0.25) is 9.52 Å². The maximum atomic E-state index is 12.4. The van der Waals surface area contributed by atoms with Crippen LogP contribution < -0.4 is 10.0 Å². The number of sulfonamides is 1. The Morgan fingerprint density at radius 3 is 2.21 bits per heavy atom. The molecular formula is C22H22N2O3S2. The summed E-state index contributed by atoms with van der Waals surface area (Å²) in [6, 6.07) is 21.3. The van der Waals surface area contributed by atoms with E-state index in [0.29, 0.717) is 5.69 Å². The standard InChI is InChI=1S/C22H22N2O3S2/c1-16-7-13-20(14-8-16)29(26,27)24-18-9-11-19(12-10-18)28-15-22(25)23-21-6-4-3-5-17(21)2/h3-14,24H,15H2,1-2H3,(H,23,25). The van der Waals surface area contributed by atoms with Crippen LogP contribution in [-0.2, 0) is 14.8 Å². The Morgan fingerprint density at radius 2 is 1.55 bits per heavy atom. The molecule has 0 spiro atoms. The van der Waals surface area contributed by atoms with Crippen molar-refractivity contribution in [3.05, 3.63) is 83.9 Å². The Hall–Kier alpha value is -2.77. The lowest BCUT2D eigenvalue weighted by Gasteiger charge is -2.10. The topological polar surface area (TPSA) is 75.3 Å². The van der Waals surface area contributed by atoms with Crippen LogP contribution in [0.2, 0.25) is 0 Å². The molecule has 3 aromatic carbocycles. The van der Waals surface area contributed by atoms with Crippen LogP contribution in [0.25, 0.3) is 0 Å². The van der Waals surface area contributed by atoms with Crippen LogP contribution in [0.15, 0.2) is 82.6 Å². The molecular weight excluding hydrogens is 404 g/mol. The van der Waals surface area contributed by atoms with Crippen molar-refractivity contribution in [3.63, 3.8) is 0 Å². The monoisotopic (exact) mass is 426 g/mol. The first-order valence-corrected chi connectivity index (χ1v) is 11.5. The quantitative estimate of drug-likeness (QED) is 0.531. The van der Waals surface area contributed by atoms with Gasteiger partial charge < -0.3 is 5.32 Å². The first kappa shape index (κ1) is 21.0. The molecule has 0 aliphatic rings. The lowest BCUT2D eigenvalue weighted by Crippen LogP contribution is -2.14. The zero-order chi connectivity index (χ0) is 20.9. The zero-order valence-electron chi connectivity index (χ0n) is 16.2. The third kappa shape index (κ3) is 5.85. The molecule has 0 fully saturated rings. The van der Waals surface area contributed by atoms with E-state index in [-0.39, 0.29) is 16.6 Å². The van der Waals surface area contributed by atoms with Crippen LogP contribution in [0.4, 0.5) is 11.4 Å². The predicted octanol–water partition coefficient (Wildman–Crippen LogP) is 4.84. The van der Waals surface area contributed by atoms with Gasteiger partial charge in [0.1, 0.15) is 0 Å². The number of benzene rings is 3. The first-order chi connectivity index (χ1) is 13.8. The summed E-state index contributed by atoms with van der Waals surface area (Å²) >= 11 is 1.39. The summed E-state index contributed by atoms with van der Waals surface area (Å²) in [5, 5.41) is 2.89. The molecule has 3 rings (SSSR count). The molecule has 0 radical (unpaired) electrons. The number of thioether (sulfide) groups is 1. The first-order valence-electron chi connectivity index (χ1n) is 9.01. The van der Waals surface area contributed by atoms with Gasteiger partial charge in [-0.05, 0) is 61.9 Å². The number of hydrogen-bond acceptors (Lipinski definition) is 4. The average Bonchev–Trinajstić information content (AvgIpc) is 2.69. The van der Waals surface area contributed by atoms with Gasteiger partial charge in [0, 0.05) is 16.3 Å². The second-order valence-corrected chi connectivity index (χ2v) is 9.33. The summed E-state index contributed by atoms with van der Waals surface area (Å²) in [4.78, 5) is 13.2. The Morgan fingerprint density at radius 1 is 0.897 bits per heavy atom. The minimum atomic E-state index is -3.63. The van der Waals surface area contributed by atoms with Gasteiger partial charge in [-0.1, -0.05) is 35.9 Å². The van der Waals surface area contributed by atoms with Gasteiger partial charge in [-0.15, -0.1) is 11.8 Å². The third-order valence-corrected chi connectivity index (χ3v) is 6.64. The molecule has 1 amide bonds. The highest BCUT2D eigenvalue weighted by Gasteiger charge is 2.14. The number of amides is 1. The van der Waals surface area contributed by atoms with Crippen molar-refractivity contribution in [2.24, 2.45) is 0 Å². The molecule has 0 bridgehead atoms. The molecule has 0 aliphatic carbocycles. The fraction of sp³-hybridized carbons (Fsp3) is 0.136. The van der Waals surface area contributed by atoms with Crippen LogP contribution in [0.5, 0.6) is 0 Å². The highest BCUT2D eigenvalue weighted by molar-refractivity contribution is 8.00. The number of carbonyl (C=O) groups excluding carboxylic acids is 1. The fourth-order valence-electron chi connectivity index (χ4n) is 2.60. The van der Waals surface area contributed by atoms with E-state index >= 15 is 0 Å². The van der Waals surface area contributed by atoms with E-state index in [4.69, 9.17) is 0 Å². The number of rotatable bonds is 7. The molecule has 0 saturated carbocycles. The molecule has 0 atom stereocenters. The Balaban J connectivity index is 1.56. The van der Waals surface area contributed by atoms with E-state index in [1.54, 1.807) is 48.5 Å². The van der Waals surface area contributed by atoms with E-state index in [1.807, 2.05) is 38.1 Å². The van der Waals surface area contributed by atoms with E-state index in [9.17, 15) is 13.2 Å². The van der Waals surface area contributed by atoms with Gasteiger partial charge in [0.05, 0.1) is 10.6 Å². The second kappa shape index (κ2) is 9.15. The molecule has 2 N–H and O–H groups in total. The van der Waals surface area contributed by atoms with Crippen LogP contribution in [0, 0.1) is 13.8 Å². The van der Waals surface area contributed by atoms with Gasteiger partial charge in [-0.25, -0.2) is 8.42 Å². The van der Waals surface area contributed by atoms with Crippen LogP contribution in [0.1, 0.15) is 11.1 Å². The molecule has 0 aliphatic heterocycles. The summed E-state index contributed by atoms with van der Waals surface area (Å²) in [5.74, 6) is 0.177. The van der Waals surface area contributed by atoms with Crippen molar-refractivity contribution < 1.29 is 13.2 Å². The summed E-state index contributed by atoms with van der Waals surface area (Å²) in [5.41, 5.74) is 3.28. The SMILES string of the molecule is Cc1ccc(S(=O)(=O)Nc2ccc(SCC(=O)Nc3ccccc3C)cc2)cc1. The van der Waals surface area contributed by atoms with Gasteiger partial charge in [0.15, 0.2) is 0 Å². The molecule has 0 aromatic heterocycles.